The molecule has 0 unspecified atom stereocenters. The van der Waals surface area contributed by atoms with E-state index in [9.17, 15) is 0 Å². The first-order valence-electron chi connectivity index (χ1n) is 18.0. The molecule has 0 bridgehead atoms. The predicted molar refractivity (Wildman–Crippen MR) is 221 cm³/mol. The fourth-order valence-corrected chi connectivity index (χ4v) is 6.77. The zero-order valence-corrected chi connectivity index (χ0v) is 29.7. The van der Waals surface area contributed by atoms with Crippen LogP contribution in [0.1, 0.15) is 0 Å². The average Bonchev–Trinajstić information content (AvgIpc) is 3.28. The van der Waals surface area contributed by atoms with Crippen molar-refractivity contribution in [1.29, 1.82) is 0 Å². The highest BCUT2D eigenvalue weighted by atomic mass is 15.2. The lowest BCUT2D eigenvalue weighted by Gasteiger charge is -2.31. The summed E-state index contributed by atoms with van der Waals surface area (Å²) in [6.45, 7) is 0. The van der Waals surface area contributed by atoms with E-state index >= 15 is 0 Å². The van der Waals surface area contributed by atoms with Gasteiger partial charge in [-0.15, -0.1) is 0 Å². The molecule has 0 N–H and O–H groups in total. The van der Waals surface area contributed by atoms with Gasteiger partial charge >= 0.3 is 0 Å². The molecule has 7 heteroatoms. The van der Waals surface area contributed by atoms with Crippen LogP contribution >= 0.6 is 0 Å². The summed E-state index contributed by atoms with van der Waals surface area (Å²) in [6, 6.07) is 61.1. The predicted octanol–water partition coefficient (Wildman–Crippen LogP) is 11.5. The first-order chi connectivity index (χ1) is 27.3. The zero-order valence-electron chi connectivity index (χ0n) is 29.7. The molecule has 0 saturated carbocycles. The maximum Gasteiger partial charge on any atom is 0.0893 e. The Morgan fingerprint density at radius 3 is 0.818 bits per heavy atom. The lowest BCUT2D eigenvalue weighted by atomic mass is 10.00. The average molecular weight is 708 g/mol. The van der Waals surface area contributed by atoms with Crippen LogP contribution in [0.25, 0.3) is 67.9 Å². The first kappa shape index (κ1) is 33.2. The van der Waals surface area contributed by atoms with Crippen molar-refractivity contribution in [3.63, 3.8) is 0 Å². The Bertz CT molecular complexity index is 2420. The topological polar surface area (TPSA) is 80.6 Å². The summed E-state index contributed by atoms with van der Waals surface area (Å²) in [4.78, 5) is 31.6. The molecule has 6 aromatic heterocycles. The molecule has 0 atom stereocenters. The third kappa shape index (κ3) is 6.86. The van der Waals surface area contributed by atoms with Crippen LogP contribution in [0.5, 0.6) is 0 Å². The van der Waals surface area contributed by atoms with E-state index in [-0.39, 0.29) is 0 Å². The van der Waals surface area contributed by atoms with Gasteiger partial charge in [0.1, 0.15) is 0 Å². The molecular weight excluding hydrogens is 675 g/mol. The number of rotatable bonds is 9. The van der Waals surface area contributed by atoms with Gasteiger partial charge in [-0.05, 0) is 91.0 Å². The maximum atomic E-state index is 5.17. The number of benzene rings is 3. The second kappa shape index (κ2) is 15.1. The van der Waals surface area contributed by atoms with Gasteiger partial charge in [0.2, 0.25) is 0 Å². The molecule has 0 saturated heterocycles. The molecule has 0 aliphatic rings. The van der Waals surface area contributed by atoms with Crippen molar-refractivity contribution in [2.45, 2.75) is 0 Å². The van der Waals surface area contributed by atoms with Crippen molar-refractivity contribution < 1.29 is 0 Å². The normalized spacial score (nSPS) is 10.9. The van der Waals surface area contributed by atoms with Crippen LogP contribution in [0, 0.1) is 0 Å². The molecule has 0 spiro atoms. The van der Waals surface area contributed by atoms with Gasteiger partial charge in [0.25, 0.3) is 0 Å². The van der Waals surface area contributed by atoms with Gasteiger partial charge in [-0.1, -0.05) is 91.0 Å². The van der Waals surface area contributed by atoms with Gasteiger partial charge in [-0.25, -0.2) is 15.0 Å². The Balaban J connectivity index is 1.27. The number of para-hydroxylation sites is 3. The molecule has 0 fully saturated rings. The SMILES string of the molecule is c1ccc(-c2cccc(-c3ccccc3N(c3ccccc3-c3cccc(-c4ccccn4)n3)c3ccccc3-c3cccc(-c4ccccn4)n3)n2)nc1. The highest BCUT2D eigenvalue weighted by molar-refractivity contribution is 5.96. The quantitative estimate of drug-likeness (QED) is 0.148. The molecule has 3 aromatic carbocycles. The van der Waals surface area contributed by atoms with Gasteiger partial charge in [0, 0.05) is 35.3 Å². The van der Waals surface area contributed by atoms with Gasteiger partial charge in [0.05, 0.1) is 68.3 Å². The minimum Gasteiger partial charge on any atom is -0.308 e. The molecule has 0 aliphatic heterocycles. The fraction of sp³-hybridized carbons (Fsp3) is 0. The summed E-state index contributed by atoms with van der Waals surface area (Å²) in [5.41, 5.74) is 13.0. The number of pyridine rings is 6. The summed E-state index contributed by atoms with van der Waals surface area (Å²) in [6.07, 6.45) is 5.38. The van der Waals surface area contributed by atoms with Crippen molar-refractivity contribution in [2.75, 3.05) is 4.90 Å². The number of anilines is 3. The summed E-state index contributed by atoms with van der Waals surface area (Å²) in [7, 11) is 0. The largest absolute Gasteiger partial charge is 0.308 e. The van der Waals surface area contributed by atoms with Crippen LogP contribution in [0.4, 0.5) is 17.1 Å². The molecule has 55 heavy (non-hydrogen) atoms. The molecule has 0 radical (unpaired) electrons. The highest BCUT2D eigenvalue weighted by Gasteiger charge is 2.24. The summed E-state index contributed by atoms with van der Waals surface area (Å²) < 4.78 is 0. The number of hydrogen-bond acceptors (Lipinski definition) is 7. The van der Waals surface area contributed by atoms with Gasteiger partial charge in [-0.2, -0.15) is 0 Å². The fourth-order valence-electron chi connectivity index (χ4n) is 6.77. The third-order valence-electron chi connectivity index (χ3n) is 9.29. The highest BCUT2D eigenvalue weighted by Crippen LogP contribution is 2.47. The van der Waals surface area contributed by atoms with Gasteiger partial charge in [0.15, 0.2) is 0 Å². The Kier molecular flexibility index (Phi) is 9.15. The number of nitrogens with zero attached hydrogens (tertiary/aromatic N) is 7. The maximum absolute atomic E-state index is 5.17. The second-order valence-corrected chi connectivity index (χ2v) is 12.8. The Labute approximate surface area is 319 Å². The van der Waals surface area contributed by atoms with Crippen molar-refractivity contribution in [2.24, 2.45) is 0 Å². The molecule has 0 aliphatic carbocycles. The van der Waals surface area contributed by atoms with E-state index in [1.807, 2.05) is 91.0 Å². The molecular formula is C48H33N7. The molecule has 7 nitrogen and oxygen atoms in total. The summed E-state index contributed by atoms with van der Waals surface area (Å²) >= 11 is 0. The van der Waals surface area contributed by atoms with Crippen LogP contribution in [-0.2, 0) is 0 Å². The monoisotopic (exact) mass is 707 g/mol. The van der Waals surface area contributed by atoms with E-state index in [1.165, 1.54) is 0 Å². The van der Waals surface area contributed by atoms with Crippen LogP contribution in [0.2, 0.25) is 0 Å². The number of aromatic nitrogens is 6. The van der Waals surface area contributed by atoms with Crippen molar-refractivity contribution >= 4 is 17.1 Å². The Morgan fingerprint density at radius 1 is 0.236 bits per heavy atom. The molecule has 9 rings (SSSR count). The van der Waals surface area contributed by atoms with Crippen LogP contribution < -0.4 is 4.90 Å². The molecule has 9 aromatic rings. The minimum atomic E-state index is 0.798. The third-order valence-corrected chi connectivity index (χ3v) is 9.29. The van der Waals surface area contributed by atoms with Crippen LogP contribution in [0.15, 0.2) is 201 Å². The Morgan fingerprint density at radius 2 is 0.509 bits per heavy atom. The van der Waals surface area contributed by atoms with Crippen molar-refractivity contribution in [3.05, 3.63) is 201 Å². The van der Waals surface area contributed by atoms with Crippen LogP contribution in [-0.4, -0.2) is 29.9 Å². The summed E-state index contributed by atoms with van der Waals surface area (Å²) in [5, 5.41) is 0. The van der Waals surface area contributed by atoms with E-state index < -0.39 is 0 Å². The van der Waals surface area contributed by atoms with Crippen LogP contribution in [0.3, 0.4) is 0 Å². The van der Waals surface area contributed by atoms with Crippen molar-refractivity contribution in [3.8, 4) is 67.9 Å². The lowest BCUT2D eigenvalue weighted by molar-refractivity contribution is 1.22. The van der Waals surface area contributed by atoms with E-state index in [0.717, 1.165) is 85.0 Å². The van der Waals surface area contributed by atoms with E-state index in [1.54, 1.807) is 18.6 Å². The van der Waals surface area contributed by atoms with Crippen molar-refractivity contribution in [1.82, 2.24) is 29.9 Å². The smallest absolute Gasteiger partial charge is 0.0893 e. The molecule has 6 heterocycles. The molecule has 0 amide bonds. The first-order valence-corrected chi connectivity index (χ1v) is 18.0. The molecule has 260 valence electrons. The van der Waals surface area contributed by atoms with E-state index in [4.69, 9.17) is 15.0 Å². The second-order valence-electron chi connectivity index (χ2n) is 12.8. The summed E-state index contributed by atoms with van der Waals surface area (Å²) in [5.74, 6) is 0. The van der Waals surface area contributed by atoms with E-state index in [0.29, 0.717) is 0 Å². The zero-order chi connectivity index (χ0) is 36.8. The minimum absolute atomic E-state index is 0.798. The standard InChI is InChI=1S/C48H33N7/c1-4-28-46(34(16-1)37-22-13-25-43(52-37)40-19-7-10-31-49-40)55(47-29-5-2-17-35(47)38-23-14-26-44(53-38)41-20-8-11-32-50-41)48-30-6-3-18-36(48)39-24-15-27-45(54-39)42-21-9-12-33-51-42/h1-33H. The lowest BCUT2D eigenvalue weighted by Crippen LogP contribution is -2.14. The van der Waals surface area contributed by atoms with Gasteiger partial charge < -0.3 is 4.90 Å². The van der Waals surface area contributed by atoms with Gasteiger partial charge in [-0.3, -0.25) is 15.0 Å². The number of hydrogen-bond donors (Lipinski definition) is 0. The Hall–Kier alpha value is -7.64. The van der Waals surface area contributed by atoms with E-state index in [2.05, 4.69) is 111 Å².